The molecule has 58 valence electrons. The summed E-state index contributed by atoms with van der Waals surface area (Å²) in [6.07, 6.45) is 0.917. The van der Waals surface area contributed by atoms with E-state index >= 15 is 0 Å². The quantitative estimate of drug-likeness (QED) is 0.664. The van der Waals surface area contributed by atoms with Crippen molar-refractivity contribution < 1.29 is 4.21 Å². The molecule has 11 heavy (non-hydrogen) atoms. The van der Waals surface area contributed by atoms with E-state index in [2.05, 4.69) is 4.36 Å². The van der Waals surface area contributed by atoms with Crippen molar-refractivity contribution in [2.75, 3.05) is 0 Å². The van der Waals surface area contributed by atoms with E-state index in [9.17, 15) is 4.21 Å². The normalized spacial score (nSPS) is 9.18. The summed E-state index contributed by atoms with van der Waals surface area (Å²) < 4.78 is 13.9. The predicted octanol–water partition coefficient (Wildman–Crippen LogP) is 2.28. The van der Waals surface area contributed by atoms with Crippen molar-refractivity contribution in [3.05, 3.63) is 29.8 Å². The molecule has 0 N–H and O–H groups in total. The van der Waals surface area contributed by atoms with Crippen molar-refractivity contribution in [1.29, 1.82) is 0 Å². The molecule has 0 atom stereocenters. The summed E-state index contributed by atoms with van der Waals surface area (Å²) in [4.78, 5) is 0. The van der Waals surface area contributed by atoms with Crippen LogP contribution in [0.4, 0.5) is 5.69 Å². The Labute approximate surface area is 69.5 Å². The highest BCUT2D eigenvalue weighted by atomic mass is 32.1. The number of hydrogen-bond acceptors (Lipinski definition) is 2. The van der Waals surface area contributed by atoms with Gasteiger partial charge in [-0.05, 0) is 18.1 Å². The Bertz CT molecular complexity index is 292. The van der Waals surface area contributed by atoms with Gasteiger partial charge in [0.2, 0.25) is 11.5 Å². The maximum absolute atomic E-state index is 10.1. The minimum Gasteiger partial charge on any atom is -0.191 e. The molecule has 1 aromatic carbocycles. The van der Waals surface area contributed by atoms with Crippen molar-refractivity contribution >= 4 is 17.2 Å². The van der Waals surface area contributed by atoms with E-state index in [-0.39, 0.29) is 11.5 Å². The third kappa shape index (κ3) is 1.98. The number of aryl methyl sites for hydroxylation is 1. The van der Waals surface area contributed by atoms with Gasteiger partial charge in [-0.1, -0.05) is 25.1 Å². The molecule has 3 heteroatoms. The summed E-state index contributed by atoms with van der Waals surface area (Å²) >= 11 is 0.259. The van der Waals surface area contributed by atoms with E-state index in [1.54, 1.807) is 0 Å². The van der Waals surface area contributed by atoms with Gasteiger partial charge in [-0.25, -0.2) is 0 Å². The SMILES string of the molecule is CCc1ccccc1N=S=O. The van der Waals surface area contributed by atoms with E-state index < -0.39 is 0 Å². The van der Waals surface area contributed by atoms with E-state index in [0.717, 1.165) is 17.7 Å². The Morgan fingerprint density at radius 3 is 2.82 bits per heavy atom. The van der Waals surface area contributed by atoms with Crippen molar-refractivity contribution in [2.24, 2.45) is 4.36 Å². The van der Waals surface area contributed by atoms with Crippen LogP contribution in [0.5, 0.6) is 0 Å². The van der Waals surface area contributed by atoms with Crippen LogP contribution in [0.1, 0.15) is 12.5 Å². The molecule has 1 rings (SSSR count). The van der Waals surface area contributed by atoms with Crippen LogP contribution in [0.15, 0.2) is 28.6 Å². The van der Waals surface area contributed by atoms with Gasteiger partial charge in [-0.3, -0.25) is 0 Å². The molecule has 0 radical (unpaired) electrons. The second kappa shape index (κ2) is 4.03. The molecule has 0 aliphatic rings. The molecule has 0 fully saturated rings. The Hall–Kier alpha value is -0.960. The summed E-state index contributed by atoms with van der Waals surface area (Å²) in [7, 11) is 0. The fraction of sp³-hybridized carbons (Fsp3) is 0.250. The van der Waals surface area contributed by atoms with Crippen LogP contribution in [-0.2, 0) is 17.9 Å². The summed E-state index contributed by atoms with van der Waals surface area (Å²) in [5.74, 6) is 0. The van der Waals surface area contributed by atoms with Gasteiger partial charge >= 0.3 is 0 Å². The molecule has 0 spiro atoms. The molecule has 0 saturated heterocycles. The Morgan fingerprint density at radius 2 is 2.18 bits per heavy atom. The zero-order chi connectivity index (χ0) is 8.10. The smallest absolute Gasteiger partial charge is 0.191 e. The highest BCUT2D eigenvalue weighted by Crippen LogP contribution is 2.17. The van der Waals surface area contributed by atoms with Gasteiger partial charge in [-0.15, -0.1) is 0 Å². The third-order valence-electron chi connectivity index (χ3n) is 1.51. The Kier molecular flexibility index (Phi) is 2.98. The summed E-state index contributed by atoms with van der Waals surface area (Å²) in [5, 5.41) is 0. The first-order valence-corrected chi connectivity index (χ1v) is 4.16. The number of nitrogens with zero attached hydrogens (tertiary/aromatic N) is 1. The fourth-order valence-corrected chi connectivity index (χ4v) is 1.20. The lowest BCUT2D eigenvalue weighted by atomic mass is 10.1. The van der Waals surface area contributed by atoms with Crippen molar-refractivity contribution in [3.63, 3.8) is 0 Å². The monoisotopic (exact) mass is 167 g/mol. The summed E-state index contributed by atoms with van der Waals surface area (Å²) in [5.41, 5.74) is 1.92. The highest BCUT2D eigenvalue weighted by molar-refractivity contribution is 7.54. The highest BCUT2D eigenvalue weighted by Gasteiger charge is 1.95. The fourth-order valence-electron chi connectivity index (χ4n) is 0.939. The van der Waals surface area contributed by atoms with Gasteiger partial charge in [0.05, 0.1) is 5.69 Å². The number of hydrogen-bond donors (Lipinski definition) is 0. The molecule has 0 unspecified atom stereocenters. The number of rotatable bonds is 2. The molecule has 0 aliphatic heterocycles. The molecule has 0 bridgehead atoms. The van der Waals surface area contributed by atoms with Gasteiger partial charge in [-0.2, -0.15) is 8.57 Å². The van der Waals surface area contributed by atoms with Gasteiger partial charge in [0.1, 0.15) is 0 Å². The van der Waals surface area contributed by atoms with E-state index in [1.807, 2.05) is 31.2 Å². The van der Waals surface area contributed by atoms with Gasteiger partial charge < -0.3 is 0 Å². The molecule has 0 saturated carbocycles. The first-order valence-electron chi connectivity index (χ1n) is 3.46. The van der Waals surface area contributed by atoms with Gasteiger partial charge in [0, 0.05) is 0 Å². The van der Waals surface area contributed by atoms with Crippen LogP contribution in [-0.4, -0.2) is 4.21 Å². The lowest BCUT2D eigenvalue weighted by molar-refractivity contribution is 0.698. The maximum Gasteiger partial charge on any atom is 0.205 e. The van der Waals surface area contributed by atoms with Crippen LogP contribution in [0.2, 0.25) is 0 Å². The molecule has 0 amide bonds. The van der Waals surface area contributed by atoms with Crippen LogP contribution >= 0.6 is 0 Å². The second-order valence-electron chi connectivity index (χ2n) is 2.15. The number of benzene rings is 1. The summed E-state index contributed by atoms with van der Waals surface area (Å²) in [6, 6.07) is 7.67. The van der Waals surface area contributed by atoms with Crippen molar-refractivity contribution in [2.45, 2.75) is 13.3 Å². The van der Waals surface area contributed by atoms with Gasteiger partial charge in [0.25, 0.3) is 0 Å². The first-order chi connectivity index (χ1) is 5.38. The maximum atomic E-state index is 10.1. The van der Waals surface area contributed by atoms with Crippen molar-refractivity contribution in [1.82, 2.24) is 0 Å². The molecule has 1 aromatic rings. The second-order valence-corrected chi connectivity index (χ2v) is 2.48. The minimum atomic E-state index is 0.259. The molecule has 2 nitrogen and oxygen atoms in total. The Morgan fingerprint density at radius 1 is 1.45 bits per heavy atom. The zero-order valence-corrected chi connectivity index (χ0v) is 7.10. The predicted molar refractivity (Wildman–Crippen MR) is 46.1 cm³/mol. The lowest BCUT2D eigenvalue weighted by Crippen LogP contribution is -1.78. The van der Waals surface area contributed by atoms with Crippen LogP contribution in [0.25, 0.3) is 0 Å². The molecule has 0 aliphatic carbocycles. The van der Waals surface area contributed by atoms with Crippen molar-refractivity contribution in [3.8, 4) is 0 Å². The van der Waals surface area contributed by atoms with E-state index in [1.165, 1.54) is 0 Å². The average Bonchev–Trinajstić information content (AvgIpc) is 2.06. The van der Waals surface area contributed by atoms with Gasteiger partial charge in [0.15, 0.2) is 0 Å². The lowest BCUT2D eigenvalue weighted by Gasteiger charge is -1.97. The third-order valence-corrected chi connectivity index (χ3v) is 1.78. The topological polar surface area (TPSA) is 29.4 Å². The molecular weight excluding hydrogens is 158 g/mol. The van der Waals surface area contributed by atoms with Crippen LogP contribution in [0.3, 0.4) is 0 Å². The molecule has 0 heterocycles. The van der Waals surface area contributed by atoms with Crippen LogP contribution < -0.4 is 0 Å². The van der Waals surface area contributed by atoms with E-state index in [0.29, 0.717) is 0 Å². The zero-order valence-electron chi connectivity index (χ0n) is 6.28. The molecular formula is C8H9NOS. The van der Waals surface area contributed by atoms with E-state index in [4.69, 9.17) is 0 Å². The first kappa shape index (κ1) is 8.14. The Balaban J connectivity index is 3.11. The summed E-state index contributed by atoms with van der Waals surface area (Å²) in [6.45, 7) is 2.05. The average molecular weight is 167 g/mol. The minimum absolute atomic E-state index is 0.259. The standard InChI is InChI=1S/C8H9NOS/c1-2-7-5-3-4-6-8(7)9-11-10/h3-6H,2H2,1H3. The molecule has 0 aromatic heterocycles. The largest absolute Gasteiger partial charge is 0.205 e. The van der Waals surface area contributed by atoms with Crippen LogP contribution in [0, 0.1) is 0 Å².